The van der Waals surface area contributed by atoms with E-state index < -0.39 is 23.6 Å². The van der Waals surface area contributed by atoms with Crippen LogP contribution in [0.1, 0.15) is 20.3 Å². The molecule has 1 fully saturated rings. The number of aliphatic carboxylic acids is 1. The quantitative estimate of drug-likeness (QED) is 0.615. The normalized spacial score (nSPS) is 20.3. The first kappa shape index (κ1) is 13.3. The molecule has 96 valence electrons. The van der Waals surface area contributed by atoms with Gasteiger partial charge in [-0.3, -0.25) is 4.79 Å². The summed E-state index contributed by atoms with van der Waals surface area (Å²) in [7, 11) is 1.66. The van der Waals surface area contributed by atoms with E-state index in [1.54, 1.807) is 7.05 Å². The zero-order chi connectivity index (χ0) is 13.2. The fraction of sp³-hybridized carbons (Fsp3) is 0.700. The van der Waals surface area contributed by atoms with E-state index in [-0.39, 0.29) is 5.91 Å². The summed E-state index contributed by atoms with van der Waals surface area (Å²) in [5, 5.41) is 13.6. The fourth-order valence-corrected chi connectivity index (χ4v) is 1.49. The molecule has 1 atom stereocenters. The number of nitrogens with one attached hydrogen (secondary N) is 2. The molecule has 0 aromatic carbocycles. The number of carboxylic acids is 1. The van der Waals surface area contributed by atoms with Crippen LogP contribution in [0, 0.1) is 0 Å². The molecule has 0 bridgehead atoms. The van der Waals surface area contributed by atoms with Crippen molar-refractivity contribution in [2.45, 2.75) is 31.8 Å². The van der Waals surface area contributed by atoms with Gasteiger partial charge >= 0.3 is 12.0 Å². The number of carbonyl (C=O) groups is 3. The fourth-order valence-electron chi connectivity index (χ4n) is 1.49. The summed E-state index contributed by atoms with van der Waals surface area (Å²) >= 11 is 0. The lowest BCUT2D eigenvalue weighted by atomic mass is 10.1. The SMILES string of the molecule is CN1CCC(NC(=O)NC(C)(C)C(=O)O)C1=O. The highest BCUT2D eigenvalue weighted by Crippen LogP contribution is 2.08. The van der Waals surface area contributed by atoms with Crippen molar-refractivity contribution in [3.63, 3.8) is 0 Å². The molecule has 0 radical (unpaired) electrons. The molecule has 1 aliphatic rings. The van der Waals surface area contributed by atoms with Gasteiger partial charge in [0, 0.05) is 13.6 Å². The van der Waals surface area contributed by atoms with Crippen molar-refractivity contribution in [1.82, 2.24) is 15.5 Å². The molecule has 7 heteroatoms. The van der Waals surface area contributed by atoms with Gasteiger partial charge in [0.25, 0.3) is 0 Å². The van der Waals surface area contributed by atoms with Gasteiger partial charge in [0.05, 0.1) is 0 Å². The first-order chi connectivity index (χ1) is 7.74. The number of carbonyl (C=O) groups excluding carboxylic acids is 2. The molecule has 0 aliphatic carbocycles. The topological polar surface area (TPSA) is 98.7 Å². The Morgan fingerprint density at radius 2 is 2.06 bits per heavy atom. The second-order valence-corrected chi connectivity index (χ2v) is 4.63. The van der Waals surface area contributed by atoms with Gasteiger partial charge in [0.15, 0.2) is 0 Å². The minimum Gasteiger partial charge on any atom is -0.480 e. The van der Waals surface area contributed by atoms with E-state index in [4.69, 9.17) is 5.11 Å². The van der Waals surface area contributed by atoms with E-state index in [1.807, 2.05) is 0 Å². The van der Waals surface area contributed by atoms with E-state index in [2.05, 4.69) is 10.6 Å². The summed E-state index contributed by atoms with van der Waals surface area (Å²) in [6.45, 7) is 3.33. The molecule has 1 rings (SSSR count). The summed E-state index contributed by atoms with van der Waals surface area (Å²) < 4.78 is 0. The van der Waals surface area contributed by atoms with E-state index in [1.165, 1.54) is 18.7 Å². The number of likely N-dealkylation sites (N-methyl/N-ethyl adjacent to an activating group) is 1. The molecule has 0 spiro atoms. The molecule has 1 aliphatic heterocycles. The number of urea groups is 1. The van der Waals surface area contributed by atoms with Crippen molar-refractivity contribution in [2.24, 2.45) is 0 Å². The zero-order valence-corrected chi connectivity index (χ0v) is 10.1. The van der Waals surface area contributed by atoms with Crippen molar-refractivity contribution >= 4 is 17.9 Å². The van der Waals surface area contributed by atoms with Gasteiger partial charge in [0.1, 0.15) is 11.6 Å². The smallest absolute Gasteiger partial charge is 0.328 e. The summed E-state index contributed by atoms with van der Waals surface area (Å²) in [5.41, 5.74) is -1.36. The van der Waals surface area contributed by atoms with Gasteiger partial charge in [0.2, 0.25) is 5.91 Å². The number of nitrogens with zero attached hydrogens (tertiary/aromatic N) is 1. The van der Waals surface area contributed by atoms with E-state index in [9.17, 15) is 14.4 Å². The molecule has 1 unspecified atom stereocenters. The van der Waals surface area contributed by atoms with Gasteiger partial charge < -0.3 is 20.6 Å². The molecule has 1 heterocycles. The molecular formula is C10H17N3O4. The van der Waals surface area contributed by atoms with Crippen LogP contribution in [0.2, 0.25) is 0 Å². The largest absolute Gasteiger partial charge is 0.480 e. The maximum atomic E-state index is 11.5. The summed E-state index contributed by atoms with van der Waals surface area (Å²) in [5.74, 6) is -1.30. The predicted octanol–water partition coefficient (Wildman–Crippen LogP) is -0.620. The van der Waals surface area contributed by atoms with E-state index in [0.717, 1.165) is 0 Å². The van der Waals surface area contributed by atoms with E-state index >= 15 is 0 Å². The Morgan fingerprint density at radius 1 is 1.47 bits per heavy atom. The molecule has 0 saturated carbocycles. The minimum atomic E-state index is -1.36. The molecule has 0 aromatic rings. The lowest BCUT2D eigenvalue weighted by Crippen LogP contribution is -2.55. The highest BCUT2D eigenvalue weighted by Gasteiger charge is 2.33. The first-order valence-electron chi connectivity index (χ1n) is 5.31. The third-order valence-electron chi connectivity index (χ3n) is 2.69. The Morgan fingerprint density at radius 3 is 2.47 bits per heavy atom. The number of rotatable bonds is 3. The average Bonchev–Trinajstić information content (AvgIpc) is 2.48. The Hall–Kier alpha value is -1.79. The summed E-state index contributed by atoms with van der Waals surface area (Å²) in [6.07, 6.45) is 0.538. The minimum absolute atomic E-state index is 0.159. The third kappa shape index (κ3) is 3.08. The van der Waals surface area contributed by atoms with Crippen LogP contribution in [0.15, 0.2) is 0 Å². The standard InChI is InChI=1S/C10H17N3O4/c1-10(2,8(15)16)12-9(17)11-6-4-5-13(3)7(6)14/h6H,4-5H2,1-3H3,(H,15,16)(H2,11,12,17). The summed E-state index contributed by atoms with van der Waals surface area (Å²) in [6, 6.07) is -1.21. The van der Waals surface area contributed by atoms with Crippen molar-refractivity contribution in [3.05, 3.63) is 0 Å². The van der Waals surface area contributed by atoms with Crippen molar-refractivity contribution in [1.29, 1.82) is 0 Å². The van der Waals surface area contributed by atoms with Crippen LogP contribution in [0.5, 0.6) is 0 Å². The van der Waals surface area contributed by atoms with E-state index in [0.29, 0.717) is 13.0 Å². The van der Waals surface area contributed by atoms with Crippen LogP contribution < -0.4 is 10.6 Å². The molecule has 0 aromatic heterocycles. The molecule has 3 N–H and O–H groups in total. The maximum absolute atomic E-state index is 11.5. The monoisotopic (exact) mass is 243 g/mol. The van der Waals surface area contributed by atoms with Crippen molar-refractivity contribution in [3.8, 4) is 0 Å². The highest BCUT2D eigenvalue weighted by atomic mass is 16.4. The molecular weight excluding hydrogens is 226 g/mol. The second-order valence-electron chi connectivity index (χ2n) is 4.63. The lowest BCUT2D eigenvalue weighted by molar-refractivity contribution is -0.142. The Balaban J connectivity index is 2.51. The Kier molecular flexibility index (Phi) is 3.59. The summed E-state index contributed by atoms with van der Waals surface area (Å²) in [4.78, 5) is 35.3. The van der Waals surface area contributed by atoms with Gasteiger partial charge in [-0.1, -0.05) is 0 Å². The Bertz CT molecular complexity index is 353. The number of amides is 3. The highest BCUT2D eigenvalue weighted by molar-refractivity contribution is 5.90. The van der Waals surface area contributed by atoms with Gasteiger partial charge in [-0.2, -0.15) is 0 Å². The van der Waals surface area contributed by atoms with Crippen molar-refractivity contribution < 1.29 is 19.5 Å². The Labute approximate surface area is 99.2 Å². The third-order valence-corrected chi connectivity index (χ3v) is 2.69. The maximum Gasteiger partial charge on any atom is 0.328 e. The number of likely N-dealkylation sites (tertiary alicyclic amines) is 1. The zero-order valence-electron chi connectivity index (χ0n) is 10.1. The number of hydrogen-bond donors (Lipinski definition) is 3. The van der Waals surface area contributed by atoms with Gasteiger partial charge in [-0.05, 0) is 20.3 Å². The lowest BCUT2D eigenvalue weighted by Gasteiger charge is -2.22. The average molecular weight is 243 g/mol. The second kappa shape index (κ2) is 4.60. The van der Waals surface area contributed by atoms with Crippen LogP contribution in [0.3, 0.4) is 0 Å². The number of hydrogen-bond acceptors (Lipinski definition) is 3. The number of carboxylic acid groups (broad SMARTS) is 1. The van der Waals surface area contributed by atoms with Crippen molar-refractivity contribution in [2.75, 3.05) is 13.6 Å². The van der Waals surface area contributed by atoms with Gasteiger partial charge in [-0.25, -0.2) is 9.59 Å². The molecule has 17 heavy (non-hydrogen) atoms. The van der Waals surface area contributed by atoms with Crippen LogP contribution in [0.25, 0.3) is 0 Å². The van der Waals surface area contributed by atoms with Crippen LogP contribution in [0.4, 0.5) is 4.79 Å². The molecule has 7 nitrogen and oxygen atoms in total. The van der Waals surface area contributed by atoms with Crippen LogP contribution >= 0.6 is 0 Å². The van der Waals surface area contributed by atoms with Gasteiger partial charge in [-0.15, -0.1) is 0 Å². The van der Waals surface area contributed by atoms with Crippen LogP contribution in [-0.2, 0) is 9.59 Å². The first-order valence-corrected chi connectivity index (χ1v) is 5.31. The van der Waals surface area contributed by atoms with Crippen LogP contribution in [-0.4, -0.2) is 53.1 Å². The predicted molar refractivity (Wildman–Crippen MR) is 59.4 cm³/mol. The molecule has 3 amide bonds. The molecule has 1 saturated heterocycles.